The molecule has 1 saturated carbocycles. The van der Waals surface area contributed by atoms with E-state index in [1.165, 1.54) is 11.6 Å². The molecule has 216 valence electrons. The zero-order valence-corrected chi connectivity index (χ0v) is 23.3. The van der Waals surface area contributed by atoms with Gasteiger partial charge in [-0.2, -0.15) is 0 Å². The van der Waals surface area contributed by atoms with Crippen LogP contribution in [0.3, 0.4) is 0 Å². The Bertz CT molecular complexity index is 1360. The predicted molar refractivity (Wildman–Crippen MR) is 157 cm³/mol. The van der Waals surface area contributed by atoms with Crippen LogP contribution in [-0.2, 0) is 13.0 Å². The molecule has 3 aromatic carbocycles. The van der Waals surface area contributed by atoms with Gasteiger partial charge in [-0.3, -0.25) is 14.5 Å². The summed E-state index contributed by atoms with van der Waals surface area (Å²) in [6.45, 7) is 2.45. The fourth-order valence-corrected chi connectivity index (χ4v) is 5.93. The third-order valence-electron chi connectivity index (χ3n) is 8.41. The summed E-state index contributed by atoms with van der Waals surface area (Å²) >= 11 is 0. The van der Waals surface area contributed by atoms with E-state index in [0.717, 1.165) is 75.7 Å². The number of anilines is 1. The van der Waals surface area contributed by atoms with Crippen molar-refractivity contribution in [2.45, 2.75) is 63.6 Å². The van der Waals surface area contributed by atoms with E-state index >= 15 is 0 Å². The van der Waals surface area contributed by atoms with E-state index in [4.69, 9.17) is 5.73 Å². The standard InChI is InChI=1S/C33H38F2N4O2/c34-27-13-12-24(19-28(27)35)32(40)38-31-20-25(33(41)37-30-9-5-4-8-29(30)36)10-11-26(31)21-39-16-14-23(15-17-39)18-22-6-2-1-3-7-22/h1-3,6-7,10-13,19-20,23,29-30H,4-5,8-9,14-18,21,36H2,(H,37,41)(H,38,40). The minimum absolute atomic E-state index is 0.000361. The Hall–Kier alpha value is -3.62. The first-order chi connectivity index (χ1) is 19.9. The molecule has 1 aliphatic carbocycles. The predicted octanol–water partition coefficient (Wildman–Crippen LogP) is 5.67. The summed E-state index contributed by atoms with van der Waals surface area (Å²) in [7, 11) is 0. The van der Waals surface area contributed by atoms with Gasteiger partial charge in [0.25, 0.3) is 11.8 Å². The lowest BCUT2D eigenvalue weighted by atomic mass is 9.90. The molecule has 8 heteroatoms. The van der Waals surface area contributed by atoms with Crippen molar-refractivity contribution in [2.24, 2.45) is 11.7 Å². The van der Waals surface area contributed by atoms with Crippen LogP contribution in [0.25, 0.3) is 0 Å². The monoisotopic (exact) mass is 560 g/mol. The number of carbonyl (C=O) groups excluding carboxylic acids is 2. The van der Waals surface area contributed by atoms with Crippen LogP contribution in [0.5, 0.6) is 0 Å². The van der Waals surface area contributed by atoms with Crippen molar-refractivity contribution in [1.29, 1.82) is 0 Å². The van der Waals surface area contributed by atoms with E-state index in [9.17, 15) is 18.4 Å². The number of hydrogen-bond acceptors (Lipinski definition) is 4. The molecule has 0 aromatic heterocycles. The number of benzene rings is 3. The van der Waals surface area contributed by atoms with Gasteiger partial charge in [-0.25, -0.2) is 8.78 Å². The molecule has 0 spiro atoms. The maximum atomic E-state index is 13.8. The zero-order valence-electron chi connectivity index (χ0n) is 23.3. The van der Waals surface area contributed by atoms with E-state index in [2.05, 4.69) is 39.8 Å². The molecule has 6 nitrogen and oxygen atoms in total. The largest absolute Gasteiger partial charge is 0.348 e. The second-order valence-corrected chi connectivity index (χ2v) is 11.4. The first-order valence-electron chi connectivity index (χ1n) is 14.6. The van der Waals surface area contributed by atoms with Crippen molar-refractivity contribution in [3.05, 3.63) is 101 Å². The second kappa shape index (κ2) is 13.4. The summed E-state index contributed by atoms with van der Waals surface area (Å²) in [6.07, 6.45) is 7.02. The molecule has 1 saturated heterocycles. The van der Waals surface area contributed by atoms with Crippen molar-refractivity contribution < 1.29 is 18.4 Å². The van der Waals surface area contributed by atoms with Gasteiger partial charge in [0.05, 0.1) is 0 Å². The summed E-state index contributed by atoms with van der Waals surface area (Å²) in [6, 6.07) is 18.7. The van der Waals surface area contributed by atoms with Gasteiger partial charge in [0.1, 0.15) is 0 Å². The van der Waals surface area contributed by atoms with Crippen LogP contribution >= 0.6 is 0 Å². The molecule has 3 aromatic rings. The number of carbonyl (C=O) groups is 2. The van der Waals surface area contributed by atoms with Gasteiger partial charge in [-0.1, -0.05) is 49.2 Å². The van der Waals surface area contributed by atoms with Gasteiger partial charge >= 0.3 is 0 Å². The highest BCUT2D eigenvalue weighted by Gasteiger charge is 2.25. The minimum atomic E-state index is -1.09. The Labute approximate surface area is 240 Å². The van der Waals surface area contributed by atoms with Crippen LogP contribution in [0.1, 0.15) is 70.4 Å². The van der Waals surface area contributed by atoms with Gasteiger partial charge in [0.15, 0.2) is 11.6 Å². The fraction of sp³-hybridized carbons (Fsp3) is 0.394. The van der Waals surface area contributed by atoms with Crippen molar-refractivity contribution in [1.82, 2.24) is 10.2 Å². The number of hydrogen-bond donors (Lipinski definition) is 3. The van der Waals surface area contributed by atoms with E-state index in [1.54, 1.807) is 12.1 Å². The first-order valence-corrected chi connectivity index (χ1v) is 14.6. The minimum Gasteiger partial charge on any atom is -0.348 e. The number of rotatable bonds is 8. The molecule has 4 N–H and O–H groups in total. The first kappa shape index (κ1) is 28.9. The summed E-state index contributed by atoms with van der Waals surface area (Å²) in [4.78, 5) is 28.6. The number of nitrogens with zero attached hydrogens (tertiary/aromatic N) is 1. The number of likely N-dealkylation sites (tertiary alicyclic amines) is 1. The molecular formula is C33H38F2N4O2. The van der Waals surface area contributed by atoms with Gasteiger partial charge in [0.2, 0.25) is 0 Å². The highest BCUT2D eigenvalue weighted by atomic mass is 19.2. The lowest BCUT2D eigenvalue weighted by molar-refractivity contribution is 0.0920. The number of amides is 2. The van der Waals surface area contributed by atoms with Crippen molar-refractivity contribution >= 4 is 17.5 Å². The molecule has 2 atom stereocenters. The Morgan fingerprint density at radius 1 is 0.829 bits per heavy atom. The maximum Gasteiger partial charge on any atom is 0.255 e. The molecule has 2 unspecified atom stereocenters. The molecule has 1 aliphatic heterocycles. The Morgan fingerprint density at radius 2 is 1.54 bits per heavy atom. The van der Waals surface area contributed by atoms with E-state index in [-0.39, 0.29) is 23.6 Å². The second-order valence-electron chi connectivity index (χ2n) is 11.4. The van der Waals surface area contributed by atoms with Crippen molar-refractivity contribution in [2.75, 3.05) is 18.4 Å². The topological polar surface area (TPSA) is 87.5 Å². The lowest BCUT2D eigenvalue weighted by Crippen LogP contribution is -2.49. The highest BCUT2D eigenvalue weighted by molar-refractivity contribution is 6.05. The quantitative estimate of drug-likeness (QED) is 0.331. The molecule has 2 amide bonds. The van der Waals surface area contributed by atoms with E-state index in [0.29, 0.717) is 23.7 Å². The summed E-state index contributed by atoms with van der Waals surface area (Å²) in [5.74, 6) is -2.30. The molecule has 2 fully saturated rings. The third-order valence-corrected chi connectivity index (χ3v) is 8.41. The Morgan fingerprint density at radius 3 is 2.27 bits per heavy atom. The van der Waals surface area contributed by atoms with Crippen LogP contribution in [0.2, 0.25) is 0 Å². The van der Waals surface area contributed by atoms with Gasteiger partial charge < -0.3 is 16.4 Å². The molecule has 0 bridgehead atoms. The third kappa shape index (κ3) is 7.57. The van der Waals surface area contributed by atoms with Crippen LogP contribution in [0.15, 0.2) is 66.7 Å². The van der Waals surface area contributed by atoms with Crippen LogP contribution in [-0.4, -0.2) is 41.9 Å². The molecule has 5 rings (SSSR count). The van der Waals surface area contributed by atoms with Gasteiger partial charge in [0, 0.05) is 35.4 Å². The van der Waals surface area contributed by atoms with Crippen LogP contribution in [0, 0.1) is 17.6 Å². The summed E-state index contributed by atoms with van der Waals surface area (Å²) < 4.78 is 27.3. The molecule has 0 radical (unpaired) electrons. The van der Waals surface area contributed by atoms with Crippen molar-refractivity contribution in [3.8, 4) is 0 Å². The average Bonchev–Trinajstić information content (AvgIpc) is 2.98. The summed E-state index contributed by atoms with van der Waals surface area (Å²) in [5, 5.41) is 5.91. The molecule has 41 heavy (non-hydrogen) atoms. The van der Waals surface area contributed by atoms with Gasteiger partial charge in [-0.15, -0.1) is 0 Å². The van der Waals surface area contributed by atoms with Crippen LogP contribution in [0.4, 0.5) is 14.5 Å². The van der Waals surface area contributed by atoms with Gasteiger partial charge in [-0.05, 0) is 92.6 Å². The Balaban J connectivity index is 1.30. The Kier molecular flexibility index (Phi) is 9.42. The summed E-state index contributed by atoms with van der Waals surface area (Å²) in [5.41, 5.74) is 9.34. The van der Waals surface area contributed by atoms with Crippen LogP contribution < -0.4 is 16.4 Å². The maximum absolute atomic E-state index is 13.8. The number of nitrogens with two attached hydrogens (primary N) is 1. The molecular weight excluding hydrogens is 522 g/mol. The number of nitrogens with one attached hydrogen (secondary N) is 2. The molecule has 1 heterocycles. The number of halogens is 2. The average molecular weight is 561 g/mol. The normalized spacial score (nSPS) is 20.0. The fourth-order valence-electron chi connectivity index (χ4n) is 5.93. The zero-order chi connectivity index (χ0) is 28.8. The lowest BCUT2D eigenvalue weighted by Gasteiger charge is -2.32. The molecule has 2 aliphatic rings. The van der Waals surface area contributed by atoms with E-state index < -0.39 is 17.5 Å². The number of piperidine rings is 1. The van der Waals surface area contributed by atoms with Crippen molar-refractivity contribution in [3.63, 3.8) is 0 Å². The highest BCUT2D eigenvalue weighted by Crippen LogP contribution is 2.27. The SMILES string of the molecule is NC1CCCCC1NC(=O)c1ccc(CN2CCC(Cc3ccccc3)CC2)c(NC(=O)c2ccc(F)c(F)c2)c1. The smallest absolute Gasteiger partial charge is 0.255 e. The van der Waals surface area contributed by atoms with E-state index in [1.807, 2.05) is 12.1 Å².